The molecule has 2 amide bonds. The van der Waals surface area contributed by atoms with Crippen LogP contribution in [0.15, 0.2) is 36.4 Å². The number of hydrogen-bond donors (Lipinski definition) is 3. The monoisotopic (exact) mass is 468 g/mol. The number of esters is 1. The predicted octanol–water partition coefficient (Wildman–Crippen LogP) is 1.59. The number of ether oxygens (including phenoxy) is 1. The minimum atomic E-state index is -1.21. The molecule has 33 heavy (non-hydrogen) atoms. The molecule has 10 nitrogen and oxygen atoms in total. The molecular weight excluding hydrogens is 444 g/mol. The van der Waals surface area contributed by atoms with Crippen molar-refractivity contribution in [1.29, 1.82) is 0 Å². The highest BCUT2D eigenvalue weighted by Crippen LogP contribution is 2.33. The summed E-state index contributed by atoms with van der Waals surface area (Å²) in [5.74, 6) is -1.18. The van der Waals surface area contributed by atoms with E-state index in [1.165, 1.54) is 0 Å². The topological polar surface area (TPSA) is 154 Å². The Morgan fingerprint density at radius 2 is 1.88 bits per heavy atom. The Morgan fingerprint density at radius 1 is 1.15 bits per heavy atom. The number of aromatic nitrogens is 2. The smallest absolute Gasteiger partial charge is 0.308 e. The summed E-state index contributed by atoms with van der Waals surface area (Å²) in [5.41, 5.74) is 12.1. The summed E-state index contributed by atoms with van der Waals surface area (Å²) in [4.78, 5) is 48.5. The molecule has 1 unspecified atom stereocenters. The molecular formula is C22H24N6O4S. The number of nitrogen functional groups attached to an aromatic ring is 1. The summed E-state index contributed by atoms with van der Waals surface area (Å²) in [6.45, 7) is 1.78. The van der Waals surface area contributed by atoms with Crippen LogP contribution >= 0.6 is 11.3 Å². The Labute approximate surface area is 193 Å². The van der Waals surface area contributed by atoms with Gasteiger partial charge >= 0.3 is 5.97 Å². The molecule has 1 fully saturated rings. The zero-order valence-electron chi connectivity index (χ0n) is 17.8. The van der Waals surface area contributed by atoms with Gasteiger partial charge in [0.15, 0.2) is 0 Å². The third kappa shape index (κ3) is 5.37. The van der Waals surface area contributed by atoms with Gasteiger partial charge in [-0.25, -0.2) is 4.98 Å². The Bertz CT molecular complexity index is 1180. The van der Waals surface area contributed by atoms with Gasteiger partial charge in [-0.05, 0) is 24.5 Å². The van der Waals surface area contributed by atoms with Crippen molar-refractivity contribution in [2.24, 2.45) is 5.73 Å². The normalized spacial score (nSPS) is 14.2. The van der Waals surface area contributed by atoms with Crippen LogP contribution in [0, 0.1) is 0 Å². The number of benzene rings is 1. The number of thiophene rings is 1. The first-order valence-corrected chi connectivity index (χ1v) is 11.3. The lowest BCUT2D eigenvalue weighted by Crippen LogP contribution is -2.45. The quantitative estimate of drug-likeness (QED) is 0.421. The van der Waals surface area contributed by atoms with Crippen LogP contribution in [0.5, 0.6) is 0 Å². The lowest BCUT2D eigenvalue weighted by Gasteiger charge is -2.17. The van der Waals surface area contributed by atoms with Gasteiger partial charge in [-0.15, -0.1) is 11.3 Å². The number of anilines is 2. The predicted molar refractivity (Wildman–Crippen MR) is 125 cm³/mol. The highest BCUT2D eigenvalue weighted by Gasteiger charge is 2.26. The van der Waals surface area contributed by atoms with Crippen LogP contribution in [0.2, 0.25) is 0 Å². The molecule has 0 radical (unpaired) electrons. The van der Waals surface area contributed by atoms with Crippen LogP contribution in [0.4, 0.5) is 11.8 Å². The molecule has 1 aliphatic heterocycles. The van der Waals surface area contributed by atoms with Gasteiger partial charge in [-0.1, -0.05) is 30.3 Å². The maximum Gasteiger partial charge on any atom is 0.308 e. The van der Waals surface area contributed by atoms with Gasteiger partial charge in [0.2, 0.25) is 11.9 Å². The van der Waals surface area contributed by atoms with E-state index < -0.39 is 23.8 Å². The number of fused-ring (bicyclic) bond motifs is 1. The van der Waals surface area contributed by atoms with Crippen molar-refractivity contribution >= 4 is 51.1 Å². The average Bonchev–Trinajstić information content (AvgIpc) is 3.47. The molecule has 3 aromatic rings. The molecule has 0 saturated carbocycles. The lowest BCUT2D eigenvalue weighted by molar-refractivity contribution is -0.146. The number of hydrogen-bond acceptors (Lipinski definition) is 9. The maximum atomic E-state index is 12.9. The Hall–Kier alpha value is -3.73. The number of amides is 2. The fraction of sp³-hybridized carbons (Fsp3) is 0.318. The second-order valence-corrected chi connectivity index (χ2v) is 8.74. The summed E-state index contributed by atoms with van der Waals surface area (Å²) in [5, 5.41) is 3.25. The molecule has 2 aromatic heterocycles. The van der Waals surface area contributed by atoms with Crippen LogP contribution in [-0.4, -0.2) is 46.9 Å². The molecule has 0 bridgehead atoms. The fourth-order valence-electron chi connectivity index (χ4n) is 3.62. The lowest BCUT2D eigenvalue weighted by atomic mass is 10.2. The average molecular weight is 469 g/mol. The van der Waals surface area contributed by atoms with E-state index >= 15 is 0 Å². The highest BCUT2D eigenvalue weighted by molar-refractivity contribution is 7.20. The molecule has 11 heteroatoms. The summed E-state index contributed by atoms with van der Waals surface area (Å²) in [6, 6.07) is 9.60. The van der Waals surface area contributed by atoms with E-state index in [0.717, 1.165) is 48.2 Å². The first-order chi connectivity index (χ1) is 15.9. The first-order valence-electron chi connectivity index (χ1n) is 10.5. The van der Waals surface area contributed by atoms with Crippen LogP contribution < -0.4 is 21.7 Å². The van der Waals surface area contributed by atoms with Gasteiger partial charge in [0.05, 0.1) is 16.7 Å². The van der Waals surface area contributed by atoms with Crippen LogP contribution in [0.1, 0.15) is 34.5 Å². The van der Waals surface area contributed by atoms with Crippen LogP contribution in [-0.2, 0) is 20.9 Å². The van der Waals surface area contributed by atoms with Gasteiger partial charge in [-0.2, -0.15) is 4.98 Å². The summed E-state index contributed by atoms with van der Waals surface area (Å²) in [6.07, 6.45) is 1.75. The molecule has 1 atom stereocenters. The Kier molecular flexibility index (Phi) is 6.68. The Balaban J connectivity index is 1.45. The van der Waals surface area contributed by atoms with Gasteiger partial charge in [0.1, 0.15) is 23.3 Å². The van der Waals surface area contributed by atoms with Crippen molar-refractivity contribution in [2.45, 2.75) is 31.9 Å². The largest absolute Gasteiger partial charge is 0.461 e. The number of carbonyl (C=O) groups is 3. The summed E-state index contributed by atoms with van der Waals surface area (Å²) in [7, 11) is 0. The Morgan fingerprint density at radius 3 is 2.58 bits per heavy atom. The van der Waals surface area contributed by atoms with E-state index in [1.54, 1.807) is 6.07 Å². The van der Waals surface area contributed by atoms with Crippen LogP contribution in [0.25, 0.3) is 10.2 Å². The van der Waals surface area contributed by atoms with E-state index in [2.05, 4.69) is 20.2 Å². The van der Waals surface area contributed by atoms with Gasteiger partial charge in [-0.3, -0.25) is 14.4 Å². The molecule has 1 saturated heterocycles. The zero-order chi connectivity index (χ0) is 23.4. The number of carbonyl (C=O) groups excluding carboxylic acids is 3. The number of rotatable bonds is 8. The second-order valence-electron chi connectivity index (χ2n) is 7.71. The number of primary amides is 1. The number of nitrogens with two attached hydrogens (primary N) is 2. The van der Waals surface area contributed by atoms with E-state index in [-0.39, 0.29) is 19.0 Å². The second kappa shape index (κ2) is 9.82. The zero-order valence-corrected chi connectivity index (χ0v) is 18.6. The molecule has 3 heterocycles. The van der Waals surface area contributed by atoms with Gasteiger partial charge < -0.3 is 26.4 Å². The first kappa shape index (κ1) is 22.5. The van der Waals surface area contributed by atoms with Gasteiger partial charge in [0, 0.05) is 13.1 Å². The molecule has 5 N–H and O–H groups in total. The number of nitrogens with one attached hydrogen (secondary N) is 1. The molecule has 1 aliphatic rings. The maximum absolute atomic E-state index is 12.9. The molecule has 4 rings (SSSR count). The van der Waals surface area contributed by atoms with E-state index in [9.17, 15) is 14.4 Å². The number of nitrogens with zero attached hydrogens (tertiary/aromatic N) is 3. The van der Waals surface area contributed by atoms with Gasteiger partial charge in [0.25, 0.3) is 5.91 Å². The van der Waals surface area contributed by atoms with E-state index in [4.69, 9.17) is 16.2 Å². The van der Waals surface area contributed by atoms with Crippen molar-refractivity contribution in [2.75, 3.05) is 23.7 Å². The third-order valence-electron chi connectivity index (χ3n) is 5.28. The third-order valence-corrected chi connectivity index (χ3v) is 6.31. The summed E-state index contributed by atoms with van der Waals surface area (Å²) >= 11 is 1.13. The van der Waals surface area contributed by atoms with E-state index in [1.807, 2.05) is 30.3 Å². The minimum Gasteiger partial charge on any atom is -0.461 e. The SMILES string of the molecule is NC(=O)C(CC(=O)OCc1ccccc1)NC(=O)c1cc2c(N3CCCC3)nc(N)nc2s1. The van der Waals surface area contributed by atoms with Crippen molar-refractivity contribution in [3.63, 3.8) is 0 Å². The van der Waals surface area contributed by atoms with Crippen molar-refractivity contribution < 1.29 is 19.1 Å². The van der Waals surface area contributed by atoms with E-state index in [0.29, 0.717) is 15.5 Å². The molecule has 0 aliphatic carbocycles. The molecule has 172 valence electrons. The fourth-order valence-corrected chi connectivity index (χ4v) is 4.56. The standard InChI is InChI=1S/C22H24N6O4S/c23-18(30)15(11-17(29)32-12-13-6-2-1-3-7-13)25-20(31)16-10-14-19(28-8-4-5-9-28)26-22(24)27-21(14)33-16/h1-3,6-7,10,15H,4-5,8-9,11-12H2,(H2,23,30)(H,25,31)(H2,24,26,27). The van der Waals surface area contributed by atoms with Crippen molar-refractivity contribution in [3.8, 4) is 0 Å². The van der Waals surface area contributed by atoms with Crippen molar-refractivity contribution in [3.05, 3.63) is 46.8 Å². The van der Waals surface area contributed by atoms with Crippen molar-refractivity contribution in [1.82, 2.24) is 15.3 Å². The minimum absolute atomic E-state index is 0.0643. The highest BCUT2D eigenvalue weighted by atomic mass is 32.1. The summed E-state index contributed by atoms with van der Waals surface area (Å²) < 4.78 is 5.20. The molecule has 1 aromatic carbocycles. The molecule has 0 spiro atoms. The van der Waals surface area contributed by atoms with Crippen LogP contribution in [0.3, 0.4) is 0 Å².